The zero-order valence-corrected chi connectivity index (χ0v) is 14.9. The van der Waals surface area contributed by atoms with Crippen LogP contribution in [0.5, 0.6) is 5.75 Å². The number of nitrogens with zero attached hydrogens (tertiary/aromatic N) is 2. The van der Waals surface area contributed by atoms with E-state index >= 15 is 0 Å². The Bertz CT molecular complexity index is 674. The number of aliphatic imine (C=N–C) groups is 1. The van der Waals surface area contributed by atoms with Gasteiger partial charge in [0.05, 0.1) is 12.3 Å². The molecule has 1 heterocycles. The fourth-order valence-electron chi connectivity index (χ4n) is 5.77. The van der Waals surface area contributed by atoms with Crippen molar-refractivity contribution in [3.05, 3.63) is 23.0 Å². The molecule has 2 unspecified atom stereocenters. The number of hydrogen-bond donors (Lipinski definition) is 2. The molecule has 1 aromatic heterocycles. The Morgan fingerprint density at radius 1 is 1.33 bits per heavy atom. The largest absolute Gasteiger partial charge is 0.505 e. The third-order valence-electron chi connectivity index (χ3n) is 6.29. The van der Waals surface area contributed by atoms with Crippen molar-refractivity contribution in [3.8, 4) is 5.75 Å². The molecule has 5 rings (SSSR count). The van der Waals surface area contributed by atoms with E-state index in [1.165, 1.54) is 32.1 Å². The smallest absolute Gasteiger partial charge is 0.145 e. The third-order valence-corrected chi connectivity index (χ3v) is 6.73. The molecule has 130 valence electrons. The lowest BCUT2D eigenvalue weighted by molar-refractivity contribution is -0.0336. The Morgan fingerprint density at radius 3 is 2.67 bits per heavy atom. The molecule has 0 amide bonds. The molecule has 5 heteroatoms. The summed E-state index contributed by atoms with van der Waals surface area (Å²) in [6, 6.07) is 0. The fraction of sp³-hybridized carbons (Fsp3) is 0.684. The van der Waals surface area contributed by atoms with Gasteiger partial charge in [-0.3, -0.25) is 9.98 Å². The number of aliphatic hydroxyl groups is 1. The van der Waals surface area contributed by atoms with Gasteiger partial charge in [0.15, 0.2) is 0 Å². The summed E-state index contributed by atoms with van der Waals surface area (Å²) in [5.41, 5.74) is 2.00. The maximum Gasteiger partial charge on any atom is 0.145 e. The van der Waals surface area contributed by atoms with Gasteiger partial charge in [-0.25, -0.2) is 0 Å². The highest BCUT2D eigenvalue weighted by Gasteiger charge is 2.56. The summed E-state index contributed by atoms with van der Waals surface area (Å²) in [6.07, 6.45) is 10.6. The third kappa shape index (κ3) is 2.74. The summed E-state index contributed by atoms with van der Waals surface area (Å²) < 4.78 is 0. The molecule has 4 nitrogen and oxygen atoms in total. The van der Waals surface area contributed by atoms with Gasteiger partial charge in [-0.15, -0.1) is 11.6 Å². The van der Waals surface area contributed by atoms with Gasteiger partial charge in [-0.05, 0) is 62.7 Å². The van der Waals surface area contributed by atoms with Crippen LogP contribution < -0.4 is 0 Å². The van der Waals surface area contributed by atoms with Crippen molar-refractivity contribution in [2.45, 2.75) is 56.9 Å². The number of aromatic hydroxyl groups is 1. The minimum atomic E-state index is -0.151. The fourth-order valence-corrected chi connectivity index (χ4v) is 6.49. The van der Waals surface area contributed by atoms with Crippen molar-refractivity contribution in [3.63, 3.8) is 0 Å². The van der Waals surface area contributed by atoms with Crippen LogP contribution in [0.4, 0.5) is 0 Å². The molecule has 4 fully saturated rings. The van der Waals surface area contributed by atoms with E-state index in [2.05, 4.69) is 4.98 Å². The second kappa shape index (κ2) is 5.70. The Hall–Kier alpha value is -1.13. The summed E-state index contributed by atoms with van der Waals surface area (Å²) in [5.74, 6) is 1.65. The zero-order valence-electron chi connectivity index (χ0n) is 14.1. The standard InChI is InChI=1S/C19H25ClN2O2/c1-12-17(24)16(15(9-23)7-22-12)8-21-11-18-3-13-2-14(4-18)6-19(20,5-13)10-18/h7-8,13-14,23-24H,2-6,9-11H2,1H3/t13-,14+,18?,19?. The number of alkyl halides is 1. The summed E-state index contributed by atoms with van der Waals surface area (Å²) in [4.78, 5) is 8.79. The van der Waals surface area contributed by atoms with Crippen molar-refractivity contribution >= 4 is 17.8 Å². The molecule has 0 saturated heterocycles. The van der Waals surface area contributed by atoms with E-state index in [0.717, 1.165) is 24.8 Å². The molecule has 4 aliphatic carbocycles. The first-order chi connectivity index (χ1) is 11.4. The number of pyridine rings is 1. The van der Waals surface area contributed by atoms with Crippen LogP contribution in [0.15, 0.2) is 11.2 Å². The van der Waals surface area contributed by atoms with Crippen molar-refractivity contribution in [2.75, 3.05) is 6.54 Å². The van der Waals surface area contributed by atoms with E-state index in [9.17, 15) is 10.2 Å². The summed E-state index contributed by atoms with van der Waals surface area (Å²) in [7, 11) is 0. The molecule has 1 aromatic rings. The molecular weight excluding hydrogens is 324 g/mol. The molecule has 0 aromatic carbocycles. The highest BCUT2D eigenvalue weighted by atomic mass is 35.5. The summed E-state index contributed by atoms with van der Waals surface area (Å²) >= 11 is 6.88. The lowest BCUT2D eigenvalue weighted by atomic mass is 9.49. The van der Waals surface area contributed by atoms with E-state index in [1.807, 2.05) is 0 Å². The predicted octanol–water partition coefficient (Wildman–Crippen LogP) is 3.58. The highest BCUT2D eigenvalue weighted by Crippen LogP contribution is 2.63. The molecule has 4 saturated carbocycles. The van der Waals surface area contributed by atoms with Gasteiger partial charge in [0.2, 0.25) is 0 Å². The van der Waals surface area contributed by atoms with Gasteiger partial charge in [0.25, 0.3) is 0 Å². The monoisotopic (exact) mass is 348 g/mol. The van der Waals surface area contributed by atoms with Crippen LogP contribution in [0.1, 0.15) is 55.3 Å². The first kappa shape index (κ1) is 16.3. The Balaban J connectivity index is 1.55. The average Bonchev–Trinajstić information content (AvgIpc) is 2.49. The van der Waals surface area contributed by atoms with E-state index in [0.29, 0.717) is 16.8 Å². The summed E-state index contributed by atoms with van der Waals surface area (Å²) in [5, 5.41) is 19.7. The lowest BCUT2D eigenvalue weighted by Gasteiger charge is -2.59. The van der Waals surface area contributed by atoms with Crippen LogP contribution in [0, 0.1) is 24.2 Å². The number of aryl methyl sites for hydroxylation is 1. The highest BCUT2D eigenvalue weighted by molar-refractivity contribution is 6.24. The number of aromatic nitrogens is 1. The van der Waals surface area contributed by atoms with Crippen LogP contribution in [0.25, 0.3) is 0 Å². The lowest BCUT2D eigenvalue weighted by Crippen LogP contribution is -2.54. The van der Waals surface area contributed by atoms with Crippen molar-refractivity contribution in [1.82, 2.24) is 4.98 Å². The number of hydrogen-bond acceptors (Lipinski definition) is 4. The topological polar surface area (TPSA) is 65.7 Å². The molecule has 24 heavy (non-hydrogen) atoms. The van der Waals surface area contributed by atoms with Crippen LogP contribution in [-0.4, -0.2) is 32.8 Å². The van der Waals surface area contributed by atoms with Crippen molar-refractivity contribution in [2.24, 2.45) is 22.2 Å². The molecular formula is C19H25ClN2O2. The second-order valence-corrected chi connectivity index (χ2v) is 9.17. The SMILES string of the molecule is Cc1ncc(CO)c(C=NCC23C[C@@H]4C[C@@H](CC(Cl)(C4)C2)C3)c1O. The van der Waals surface area contributed by atoms with Gasteiger partial charge in [0.1, 0.15) is 5.75 Å². The van der Waals surface area contributed by atoms with Crippen LogP contribution in [-0.2, 0) is 6.61 Å². The minimum Gasteiger partial charge on any atom is -0.505 e. The van der Waals surface area contributed by atoms with Gasteiger partial charge < -0.3 is 10.2 Å². The maximum absolute atomic E-state index is 10.2. The van der Waals surface area contributed by atoms with Crippen LogP contribution >= 0.6 is 11.6 Å². The number of halogens is 1. The Morgan fingerprint density at radius 2 is 2.04 bits per heavy atom. The Kier molecular flexibility index (Phi) is 3.88. The number of rotatable bonds is 4. The first-order valence-corrected chi connectivity index (χ1v) is 9.27. The van der Waals surface area contributed by atoms with Crippen molar-refractivity contribution < 1.29 is 10.2 Å². The number of aliphatic hydroxyl groups excluding tert-OH is 1. The van der Waals surface area contributed by atoms with E-state index < -0.39 is 0 Å². The molecule has 4 aliphatic rings. The van der Waals surface area contributed by atoms with Crippen molar-refractivity contribution in [1.29, 1.82) is 0 Å². The van der Waals surface area contributed by atoms with Crippen LogP contribution in [0.2, 0.25) is 0 Å². The van der Waals surface area contributed by atoms with Gasteiger partial charge in [-0.2, -0.15) is 0 Å². The maximum atomic E-state index is 10.2. The molecule has 2 N–H and O–H groups in total. The molecule has 4 atom stereocenters. The zero-order chi connectivity index (χ0) is 16.9. The first-order valence-electron chi connectivity index (χ1n) is 8.89. The second-order valence-electron chi connectivity index (χ2n) is 8.37. The van der Waals surface area contributed by atoms with E-state index in [4.69, 9.17) is 16.6 Å². The normalized spacial score (nSPS) is 37.5. The van der Waals surface area contributed by atoms with E-state index in [-0.39, 0.29) is 22.6 Å². The molecule has 0 spiro atoms. The molecule has 0 aliphatic heterocycles. The van der Waals surface area contributed by atoms with Gasteiger partial charge in [0, 0.05) is 35.0 Å². The van der Waals surface area contributed by atoms with Crippen LogP contribution in [0.3, 0.4) is 0 Å². The van der Waals surface area contributed by atoms with Gasteiger partial charge in [-0.1, -0.05) is 0 Å². The Labute approximate surface area is 148 Å². The predicted molar refractivity (Wildman–Crippen MR) is 94.7 cm³/mol. The molecule has 0 radical (unpaired) electrons. The quantitative estimate of drug-likeness (QED) is 0.645. The minimum absolute atomic E-state index is 0.00521. The molecule has 4 bridgehead atoms. The van der Waals surface area contributed by atoms with E-state index in [1.54, 1.807) is 19.3 Å². The average molecular weight is 349 g/mol. The van der Waals surface area contributed by atoms with Gasteiger partial charge >= 0.3 is 0 Å². The summed E-state index contributed by atoms with van der Waals surface area (Å²) in [6.45, 7) is 2.37.